The Labute approximate surface area is 92.4 Å². The van der Waals surface area contributed by atoms with Crippen LogP contribution in [0.5, 0.6) is 5.75 Å². The summed E-state index contributed by atoms with van der Waals surface area (Å²) in [6.45, 7) is 2.09. The van der Waals surface area contributed by atoms with Crippen LogP contribution in [0, 0.1) is 5.82 Å². The van der Waals surface area contributed by atoms with Gasteiger partial charge in [-0.1, -0.05) is 0 Å². The highest BCUT2D eigenvalue weighted by atomic mass is 19.1. The lowest BCUT2D eigenvalue weighted by molar-refractivity contribution is -0.122. The van der Waals surface area contributed by atoms with Crippen LogP contribution in [-0.2, 0) is 4.79 Å². The summed E-state index contributed by atoms with van der Waals surface area (Å²) in [5, 5.41) is 2.53. The van der Waals surface area contributed by atoms with Crippen LogP contribution in [0.2, 0.25) is 0 Å². The Hall–Kier alpha value is -1.91. The topological polar surface area (TPSA) is 55.4 Å². The molecule has 0 heterocycles. The average molecular weight is 225 g/mol. The van der Waals surface area contributed by atoms with Gasteiger partial charge in [0.15, 0.2) is 6.61 Å². The lowest BCUT2D eigenvalue weighted by atomic mass is 10.2. The van der Waals surface area contributed by atoms with Crippen molar-refractivity contribution in [3.8, 4) is 5.75 Å². The summed E-state index contributed by atoms with van der Waals surface area (Å²) in [5.74, 6) is -0.705. The second-order valence-electron chi connectivity index (χ2n) is 3.08. The zero-order chi connectivity index (χ0) is 12.0. The quantitative estimate of drug-likeness (QED) is 0.765. The Morgan fingerprint density at radius 2 is 2.25 bits per heavy atom. The maximum absolute atomic E-state index is 12.9. The van der Waals surface area contributed by atoms with Gasteiger partial charge in [0.1, 0.15) is 17.9 Å². The standard InChI is InChI=1S/C11H12FNO3/c1-2-13-11(15)7-16-10-4-8(6-14)3-9(12)5-10/h3-6H,2,7H2,1H3,(H,13,15). The molecule has 0 bridgehead atoms. The van der Waals surface area contributed by atoms with E-state index in [0.717, 1.165) is 12.1 Å². The van der Waals surface area contributed by atoms with Gasteiger partial charge in [-0.05, 0) is 19.1 Å². The van der Waals surface area contributed by atoms with Gasteiger partial charge in [0, 0.05) is 18.2 Å². The van der Waals surface area contributed by atoms with Crippen molar-refractivity contribution in [1.29, 1.82) is 0 Å². The SMILES string of the molecule is CCNC(=O)COc1cc(F)cc(C=O)c1. The number of carbonyl (C=O) groups is 2. The Morgan fingerprint density at radius 3 is 2.88 bits per heavy atom. The molecule has 86 valence electrons. The monoisotopic (exact) mass is 225 g/mol. The molecule has 0 aromatic heterocycles. The van der Waals surface area contributed by atoms with E-state index in [1.807, 2.05) is 0 Å². The Kier molecular flexibility index (Phi) is 4.44. The third kappa shape index (κ3) is 3.68. The predicted octanol–water partition coefficient (Wildman–Crippen LogP) is 1.15. The van der Waals surface area contributed by atoms with Gasteiger partial charge in [0.25, 0.3) is 5.91 Å². The number of halogens is 1. The van der Waals surface area contributed by atoms with Crippen molar-refractivity contribution in [1.82, 2.24) is 5.32 Å². The number of benzene rings is 1. The van der Waals surface area contributed by atoms with Crippen LogP contribution in [-0.4, -0.2) is 25.3 Å². The van der Waals surface area contributed by atoms with Crippen LogP contribution in [0.4, 0.5) is 4.39 Å². The van der Waals surface area contributed by atoms with Gasteiger partial charge in [-0.3, -0.25) is 9.59 Å². The van der Waals surface area contributed by atoms with E-state index in [1.54, 1.807) is 6.92 Å². The van der Waals surface area contributed by atoms with Crippen molar-refractivity contribution >= 4 is 12.2 Å². The van der Waals surface area contributed by atoms with E-state index in [1.165, 1.54) is 6.07 Å². The van der Waals surface area contributed by atoms with E-state index in [0.29, 0.717) is 12.8 Å². The first-order chi connectivity index (χ1) is 7.65. The number of carbonyl (C=O) groups excluding carboxylic acids is 2. The third-order valence-corrected chi connectivity index (χ3v) is 1.77. The molecule has 1 aromatic rings. The first-order valence-electron chi connectivity index (χ1n) is 4.81. The first-order valence-corrected chi connectivity index (χ1v) is 4.81. The first kappa shape index (κ1) is 12.2. The molecule has 0 unspecified atom stereocenters. The molecule has 0 saturated heterocycles. The Balaban J connectivity index is 2.63. The molecule has 1 amide bonds. The lowest BCUT2D eigenvalue weighted by Gasteiger charge is -2.06. The van der Waals surface area contributed by atoms with E-state index < -0.39 is 5.82 Å². The van der Waals surface area contributed by atoms with Crippen molar-refractivity contribution in [2.75, 3.05) is 13.2 Å². The number of ether oxygens (including phenoxy) is 1. The second-order valence-corrected chi connectivity index (χ2v) is 3.08. The minimum atomic E-state index is -0.574. The number of amides is 1. The molecule has 0 aliphatic carbocycles. The van der Waals surface area contributed by atoms with Gasteiger partial charge in [-0.2, -0.15) is 0 Å². The third-order valence-electron chi connectivity index (χ3n) is 1.77. The molecule has 4 nitrogen and oxygen atoms in total. The van der Waals surface area contributed by atoms with Crippen LogP contribution < -0.4 is 10.1 Å². The van der Waals surface area contributed by atoms with Gasteiger partial charge < -0.3 is 10.1 Å². The molecule has 0 spiro atoms. The maximum Gasteiger partial charge on any atom is 0.257 e. The molecule has 1 rings (SSSR count). The largest absolute Gasteiger partial charge is 0.484 e. The molecule has 0 fully saturated rings. The zero-order valence-electron chi connectivity index (χ0n) is 8.83. The van der Waals surface area contributed by atoms with Crippen molar-refractivity contribution in [2.45, 2.75) is 6.92 Å². The van der Waals surface area contributed by atoms with Gasteiger partial charge in [-0.25, -0.2) is 4.39 Å². The molecule has 1 N–H and O–H groups in total. The fourth-order valence-electron chi connectivity index (χ4n) is 1.13. The number of aldehydes is 1. The van der Waals surface area contributed by atoms with Crippen molar-refractivity contribution < 1.29 is 18.7 Å². The van der Waals surface area contributed by atoms with Gasteiger partial charge in [-0.15, -0.1) is 0 Å². The summed E-state index contributed by atoms with van der Waals surface area (Å²) in [5.41, 5.74) is 0.172. The van der Waals surface area contributed by atoms with Crippen LogP contribution in [0.25, 0.3) is 0 Å². The molecule has 16 heavy (non-hydrogen) atoms. The summed E-state index contributed by atoms with van der Waals surface area (Å²) in [6, 6.07) is 3.58. The van der Waals surface area contributed by atoms with Crippen LogP contribution >= 0.6 is 0 Å². The molecular weight excluding hydrogens is 213 g/mol. The molecular formula is C11H12FNO3. The Morgan fingerprint density at radius 1 is 1.50 bits per heavy atom. The molecule has 0 atom stereocenters. The van der Waals surface area contributed by atoms with Crippen molar-refractivity contribution in [3.63, 3.8) is 0 Å². The maximum atomic E-state index is 12.9. The summed E-state index contributed by atoms with van der Waals surface area (Å²) in [4.78, 5) is 21.5. The van der Waals surface area contributed by atoms with Crippen LogP contribution in [0.3, 0.4) is 0 Å². The minimum absolute atomic E-state index is 0.161. The fraction of sp³-hybridized carbons (Fsp3) is 0.273. The average Bonchev–Trinajstić information content (AvgIpc) is 2.26. The molecule has 1 aromatic carbocycles. The number of rotatable bonds is 5. The highest BCUT2D eigenvalue weighted by molar-refractivity contribution is 5.78. The van der Waals surface area contributed by atoms with Crippen LogP contribution in [0.1, 0.15) is 17.3 Å². The van der Waals surface area contributed by atoms with Crippen molar-refractivity contribution in [2.24, 2.45) is 0 Å². The number of hydrogen-bond donors (Lipinski definition) is 1. The van der Waals surface area contributed by atoms with Crippen molar-refractivity contribution in [3.05, 3.63) is 29.6 Å². The lowest BCUT2D eigenvalue weighted by Crippen LogP contribution is -2.28. The normalized spacial score (nSPS) is 9.62. The molecule has 0 aliphatic heterocycles. The van der Waals surface area contributed by atoms with E-state index in [-0.39, 0.29) is 23.8 Å². The van der Waals surface area contributed by atoms with E-state index >= 15 is 0 Å². The summed E-state index contributed by atoms with van der Waals surface area (Å²) in [6.07, 6.45) is 0.516. The number of hydrogen-bond acceptors (Lipinski definition) is 3. The molecule has 0 saturated carbocycles. The highest BCUT2D eigenvalue weighted by Crippen LogP contribution is 2.15. The fourth-order valence-corrected chi connectivity index (χ4v) is 1.13. The van der Waals surface area contributed by atoms with Gasteiger partial charge >= 0.3 is 0 Å². The van der Waals surface area contributed by atoms with Gasteiger partial charge in [0.2, 0.25) is 0 Å². The summed E-state index contributed by atoms with van der Waals surface area (Å²) >= 11 is 0. The number of likely N-dealkylation sites (N-methyl/N-ethyl adjacent to an activating group) is 1. The second kappa shape index (κ2) is 5.85. The molecule has 0 radical (unpaired) electrons. The smallest absolute Gasteiger partial charge is 0.257 e. The van der Waals surface area contributed by atoms with E-state index in [4.69, 9.17) is 4.74 Å². The van der Waals surface area contributed by atoms with E-state index in [9.17, 15) is 14.0 Å². The minimum Gasteiger partial charge on any atom is -0.484 e. The summed E-state index contributed by atoms with van der Waals surface area (Å²) in [7, 11) is 0. The number of nitrogens with one attached hydrogen (secondary N) is 1. The zero-order valence-corrected chi connectivity index (χ0v) is 8.83. The Bertz CT molecular complexity index is 393. The predicted molar refractivity (Wildman–Crippen MR) is 56.0 cm³/mol. The highest BCUT2D eigenvalue weighted by Gasteiger charge is 2.04. The van der Waals surface area contributed by atoms with Crippen LogP contribution in [0.15, 0.2) is 18.2 Å². The molecule has 0 aliphatic rings. The molecule has 5 heteroatoms. The van der Waals surface area contributed by atoms with Gasteiger partial charge in [0.05, 0.1) is 0 Å². The summed E-state index contributed by atoms with van der Waals surface area (Å²) < 4.78 is 18.0. The van der Waals surface area contributed by atoms with E-state index in [2.05, 4.69) is 5.32 Å².